The number of thiocarbonyl (C=S) groups is 1. The molecule has 0 aliphatic rings. The molecule has 0 aromatic carbocycles. The van der Waals surface area contributed by atoms with E-state index in [9.17, 15) is 4.79 Å². The summed E-state index contributed by atoms with van der Waals surface area (Å²) in [4.78, 5) is 11.5. The molecule has 0 fully saturated rings. The molecule has 1 atom stereocenters. The molecule has 0 heterocycles. The van der Waals surface area contributed by atoms with E-state index in [1.165, 1.54) is 0 Å². The molecule has 0 spiro atoms. The van der Waals surface area contributed by atoms with Gasteiger partial charge in [0, 0.05) is 12.6 Å². The Hall–Kier alpha value is -0.840. The van der Waals surface area contributed by atoms with E-state index in [4.69, 9.17) is 12.2 Å². The Morgan fingerprint density at radius 3 is 2.33 bits per heavy atom. The van der Waals surface area contributed by atoms with Crippen LogP contribution in [0.1, 0.15) is 34.1 Å². The van der Waals surface area contributed by atoms with Gasteiger partial charge in [-0.05, 0) is 39.4 Å². The zero-order valence-electron chi connectivity index (χ0n) is 9.89. The average molecular weight is 231 g/mol. The first-order valence-electron chi connectivity index (χ1n) is 5.32. The van der Waals surface area contributed by atoms with Crippen LogP contribution in [0.2, 0.25) is 0 Å². The first-order chi connectivity index (χ1) is 6.97. The zero-order valence-corrected chi connectivity index (χ0v) is 10.7. The molecule has 0 saturated carbocycles. The van der Waals surface area contributed by atoms with E-state index < -0.39 is 0 Å². The molecule has 0 aliphatic carbocycles. The van der Waals surface area contributed by atoms with Crippen molar-refractivity contribution in [3.63, 3.8) is 0 Å². The standard InChI is InChI=1S/C10H21N3OS/c1-5-6-11-9(14)8(4)13-10(15)12-7(2)3/h7-8H,5-6H2,1-4H3,(H,11,14)(H2,12,13,15). The van der Waals surface area contributed by atoms with Crippen molar-refractivity contribution in [3.8, 4) is 0 Å². The quantitative estimate of drug-likeness (QED) is 0.612. The summed E-state index contributed by atoms with van der Waals surface area (Å²) in [6.07, 6.45) is 0.938. The lowest BCUT2D eigenvalue weighted by molar-refractivity contribution is -0.122. The van der Waals surface area contributed by atoms with Crippen LogP contribution in [0.3, 0.4) is 0 Å². The fraction of sp³-hybridized carbons (Fsp3) is 0.800. The molecule has 1 amide bonds. The smallest absolute Gasteiger partial charge is 0.242 e. The summed E-state index contributed by atoms with van der Waals surface area (Å²) in [5, 5.41) is 9.27. The number of hydrogen-bond donors (Lipinski definition) is 3. The van der Waals surface area contributed by atoms with Gasteiger partial charge in [0.05, 0.1) is 0 Å². The Morgan fingerprint density at radius 2 is 1.87 bits per heavy atom. The van der Waals surface area contributed by atoms with Crippen molar-refractivity contribution in [1.29, 1.82) is 0 Å². The third-order valence-corrected chi connectivity index (χ3v) is 1.95. The van der Waals surface area contributed by atoms with Crippen LogP contribution in [-0.4, -0.2) is 29.6 Å². The van der Waals surface area contributed by atoms with Gasteiger partial charge >= 0.3 is 0 Å². The van der Waals surface area contributed by atoms with Crippen molar-refractivity contribution in [2.45, 2.75) is 46.2 Å². The second-order valence-corrected chi connectivity index (χ2v) is 4.19. The highest BCUT2D eigenvalue weighted by Gasteiger charge is 2.12. The Balaban J connectivity index is 3.85. The summed E-state index contributed by atoms with van der Waals surface area (Å²) < 4.78 is 0. The predicted molar refractivity (Wildman–Crippen MR) is 66.8 cm³/mol. The molecule has 15 heavy (non-hydrogen) atoms. The SMILES string of the molecule is CCCNC(=O)C(C)NC(=S)NC(C)C. The highest BCUT2D eigenvalue weighted by atomic mass is 32.1. The van der Waals surface area contributed by atoms with Gasteiger partial charge in [-0.3, -0.25) is 4.79 Å². The van der Waals surface area contributed by atoms with Crippen LogP contribution in [0.15, 0.2) is 0 Å². The number of hydrogen-bond acceptors (Lipinski definition) is 2. The fourth-order valence-corrected chi connectivity index (χ4v) is 1.38. The van der Waals surface area contributed by atoms with Gasteiger partial charge in [-0.1, -0.05) is 6.92 Å². The minimum Gasteiger partial charge on any atom is -0.361 e. The molecular weight excluding hydrogens is 210 g/mol. The maximum Gasteiger partial charge on any atom is 0.242 e. The van der Waals surface area contributed by atoms with Crippen molar-refractivity contribution in [1.82, 2.24) is 16.0 Å². The van der Waals surface area contributed by atoms with E-state index in [-0.39, 0.29) is 18.0 Å². The van der Waals surface area contributed by atoms with E-state index in [0.717, 1.165) is 6.42 Å². The Kier molecular flexibility index (Phi) is 7.03. The lowest BCUT2D eigenvalue weighted by atomic mass is 10.3. The summed E-state index contributed by atoms with van der Waals surface area (Å²) in [6, 6.07) is -0.0220. The van der Waals surface area contributed by atoms with Crippen LogP contribution in [0.4, 0.5) is 0 Å². The van der Waals surface area contributed by atoms with Crippen molar-refractivity contribution in [3.05, 3.63) is 0 Å². The van der Waals surface area contributed by atoms with Crippen LogP contribution in [0.5, 0.6) is 0 Å². The van der Waals surface area contributed by atoms with Crippen molar-refractivity contribution >= 4 is 23.2 Å². The van der Waals surface area contributed by atoms with Crippen molar-refractivity contribution < 1.29 is 4.79 Å². The van der Waals surface area contributed by atoms with Gasteiger partial charge in [0.1, 0.15) is 6.04 Å². The van der Waals surface area contributed by atoms with Gasteiger partial charge in [0.25, 0.3) is 0 Å². The monoisotopic (exact) mass is 231 g/mol. The van der Waals surface area contributed by atoms with Crippen LogP contribution in [0, 0.1) is 0 Å². The number of carbonyl (C=O) groups excluding carboxylic acids is 1. The molecule has 0 bridgehead atoms. The van der Waals surface area contributed by atoms with Crippen LogP contribution < -0.4 is 16.0 Å². The summed E-state index contributed by atoms with van der Waals surface area (Å²) in [6.45, 7) is 8.50. The summed E-state index contributed by atoms with van der Waals surface area (Å²) in [5.74, 6) is -0.0234. The molecule has 0 saturated heterocycles. The van der Waals surface area contributed by atoms with Crippen molar-refractivity contribution in [2.24, 2.45) is 0 Å². The third-order valence-electron chi connectivity index (χ3n) is 1.71. The molecule has 88 valence electrons. The molecule has 0 aliphatic heterocycles. The number of rotatable bonds is 5. The topological polar surface area (TPSA) is 53.2 Å². The minimum atomic E-state index is -0.296. The van der Waals surface area contributed by atoms with E-state index in [1.807, 2.05) is 20.8 Å². The lowest BCUT2D eigenvalue weighted by Gasteiger charge is -2.18. The van der Waals surface area contributed by atoms with Gasteiger partial charge in [-0.15, -0.1) is 0 Å². The predicted octanol–water partition coefficient (Wildman–Crippen LogP) is 0.774. The van der Waals surface area contributed by atoms with Crippen LogP contribution in [-0.2, 0) is 4.79 Å². The second-order valence-electron chi connectivity index (χ2n) is 3.79. The Morgan fingerprint density at radius 1 is 1.27 bits per heavy atom. The van der Waals surface area contributed by atoms with Gasteiger partial charge in [0.15, 0.2) is 5.11 Å². The summed E-state index contributed by atoms with van der Waals surface area (Å²) in [5.41, 5.74) is 0. The molecule has 5 heteroatoms. The van der Waals surface area contributed by atoms with E-state index in [0.29, 0.717) is 11.7 Å². The minimum absolute atomic E-state index is 0.0234. The van der Waals surface area contributed by atoms with Crippen LogP contribution >= 0.6 is 12.2 Å². The van der Waals surface area contributed by atoms with Crippen molar-refractivity contribution in [2.75, 3.05) is 6.54 Å². The molecule has 3 N–H and O–H groups in total. The van der Waals surface area contributed by atoms with Gasteiger partial charge < -0.3 is 16.0 Å². The maximum atomic E-state index is 11.5. The lowest BCUT2D eigenvalue weighted by Crippen LogP contribution is -2.49. The molecule has 0 aromatic heterocycles. The Labute approximate surface area is 97.2 Å². The molecule has 0 rings (SSSR count). The van der Waals surface area contributed by atoms with E-state index in [2.05, 4.69) is 16.0 Å². The van der Waals surface area contributed by atoms with Gasteiger partial charge in [0.2, 0.25) is 5.91 Å². The maximum absolute atomic E-state index is 11.5. The highest BCUT2D eigenvalue weighted by molar-refractivity contribution is 7.80. The average Bonchev–Trinajstić information content (AvgIpc) is 2.12. The molecule has 1 unspecified atom stereocenters. The van der Waals surface area contributed by atoms with Gasteiger partial charge in [-0.2, -0.15) is 0 Å². The number of carbonyl (C=O) groups is 1. The zero-order chi connectivity index (χ0) is 11.8. The first-order valence-corrected chi connectivity index (χ1v) is 5.73. The first kappa shape index (κ1) is 14.2. The van der Waals surface area contributed by atoms with Crippen LogP contribution in [0.25, 0.3) is 0 Å². The fourth-order valence-electron chi connectivity index (χ4n) is 0.967. The largest absolute Gasteiger partial charge is 0.361 e. The molecule has 0 aromatic rings. The number of amides is 1. The second kappa shape index (κ2) is 7.45. The molecule has 0 radical (unpaired) electrons. The van der Waals surface area contributed by atoms with E-state index in [1.54, 1.807) is 6.92 Å². The Bertz CT molecular complexity index is 219. The normalized spacial score (nSPS) is 12.1. The van der Waals surface area contributed by atoms with Gasteiger partial charge in [-0.25, -0.2) is 0 Å². The molecule has 4 nitrogen and oxygen atoms in total. The van der Waals surface area contributed by atoms with E-state index >= 15 is 0 Å². The highest BCUT2D eigenvalue weighted by Crippen LogP contribution is 1.85. The number of nitrogens with one attached hydrogen (secondary N) is 3. The molecular formula is C10H21N3OS. The third kappa shape index (κ3) is 7.13. The summed E-state index contributed by atoms with van der Waals surface area (Å²) >= 11 is 5.04. The summed E-state index contributed by atoms with van der Waals surface area (Å²) in [7, 11) is 0.